The van der Waals surface area contributed by atoms with Crippen molar-refractivity contribution < 1.29 is 29.0 Å². The van der Waals surface area contributed by atoms with E-state index in [1.165, 1.54) is 26.2 Å². The minimum absolute atomic E-state index is 0.0711. The zero-order chi connectivity index (χ0) is 27.1. The highest BCUT2D eigenvalue weighted by molar-refractivity contribution is 6.31. The number of carboxylic acid groups (broad SMARTS) is 1. The molecule has 0 atom stereocenters. The van der Waals surface area contributed by atoms with Gasteiger partial charge in [-0.15, -0.1) is 0 Å². The summed E-state index contributed by atoms with van der Waals surface area (Å²) in [5.41, 5.74) is 7.95. The smallest absolute Gasteiger partial charge is 0.341 e. The summed E-state index contributed by atoms with van der Waals surface area (Å²) in [6, 6.07) is 14.2. The Bertz CT molecular complexity index is 1360. The van der Waals surface area contributed by atoms with Crippen molar-refractivity contribution >= 4 is 46.5 Å². The number of carbonyl (C=O) groups excluding carboxylic acids is 2. The fraction of sp³-hybridized carbons (Fsp3) is 0.154. The van der Waals surface area contributed by atoms with E-state index in [1.807, 2.05) is 0 Å². The van der Waals surface area contributed by atoms with E-state index in [9.17, 15) is 14.4 Å². The van der Waals surface area contributed by atoms with Crippen LogP contribution >= 0.6 is 11.6 Å². The van der Waals surface area contributed by atoms with Gasteiger partial charge in [0, 0.05) is 39.6 Å². The number of anilines is 2. The lowest BCUT2D eigenvalue weighted by atomic mass is 10.0. The Morgan fingerprint density at radius 2 is 1.76 bits per heavy atom. The molecular formula is C26H25ClN4O6. The van der Waals surface area contributed by atoms with Gasteiger partial charge in [0.25, 0.3) is 5.91 Å². The van der Waals surface area contributed by atoms with Gasteiger partial charge in [0.15, 0.2) is 23.9 Å². The second kappa shape index (κ2) is 11.9. The minimum Gasteiger partial charge on any atom is -0.493 e. The number of halogens is 1. The molecule has 192 valence electrons. The van der Waals surface area contributed by atoms with Crippen molar-refractivity contribution in [1.29, 1.82) is 5.41 Å². The van der Waals surface area contributed by atoms with Crippen molar-refractivity contribution in [2.75, 3.05) is 24.4 Å². The Labute approximate surface area is 217 Å². The first-order valence-electron chi connectivity index (χ1n) is 10.9. The van der Waals surface area contributed by atoms with Crippen LogP contribution in [0.3, 0.4) is 0 Å². The number of ketones is 1. The van der Waals surface area contributed by atoms with Crippen LogP contribution in [0.5, 0.6) is 11.5 Å². The Morgan fingerprint density at radius 1 is 1.05 bits per heavy atom. The van der Waals surface area contributed by atoms with E-state index < -0.39 is 18.5 Å². The standard InChI is InChI=1S/C26H25ClN4O6/c1-14(32)16-9-17(24(22(10-16)36-2)37-13-23(33)34)12-30-21-8-5-18(27)11-20(21)26(35)31-19-6-3-15(4-7-19)25(28)29/h3-11,30H,12-13H2,1-2H3,(H3,28,29)(H,31,35)(H,33,34). The van der Waals surface area contributed by atoms with Gasteiger partial charge in [0.1, 0.15) is 5.84 Å². The van der Waals surface area contributed by atoms with Crippen LogP contribution in [0.15, 0.2) is 54.6 Å². The largest absolute Gasteiger partial charge is 0.493 e. The molecule has 0 aliphatic heterocycles. The maximum absolute atomic E-state index is 13.1. The molecule has 37 heavy (non-hydrogen) atoms. The Hall–Kier alpha value is -4.57. The first kappa shape index (κ1) is 27.0. The molecule has 0 aliphatic rings. The van der Waals surface area contributed by atoms with Crippen molar-refractivity contribution in [2.24, 2.45) is 5.73 Å². The molecule has 10 nitrogen and oxygen atoms in total. The quantitative estimate of drug-likeness (QED) is 0.142. The molecule has 3 aromatic rings. The van der Waals surface area contributed by atoms with E-state index >= 15 is 0 Å². The fourth-order valence-corrected chi connectivity index (χ4v) is 3.60. The predicted octanol–water partition coefficient (Wildman–Crippen LogP) is 4.16. The van der Waals surface area contributed by atoms with E-state index in [0.717, 1.165) is 0 Å². The molecule has 0 saturated carbocycles. The van der Waals surface area contributed by atoms with Gasteiger partial charge in [0.05, 0.1) is 12.7 Å². The molecule has 11 heteroatoms. The number of Topliss-reactive ketones (excluding diaryl/α,β-unsaturated/α-hetero) is 1. The van der Waals surface area contributed by atoms with Crippen molar-refractivity contribution in [3.63, 3.8) is 0 Å². The number of hydrogen-bond acceptors (Lipinski definition) is 7. The summed E-state index contributed by atoms with van der Waals surface area (Å²) in [4.78, 5) is 36.2. The second-order valence-corrected chi connectivity index (χ2v) is 8.33. The number of benzene rings is 3. The first-order chi connectivity index (χ1) is 17.6. The fourth-order valence-electron chi connectivity index (χ4n) is 3.42. The summed E-state index contributed by atoms with van der Waals surface area (Å²) in [5.74, 6) is -1.56. The normalized spacial score (nSPS) is 10.4. The first-order valence-corrected chi connectivity index (χ1v) is 11.3. The molecule has 0 aliphatic carbocycles. The zero-order valence-electron chi connectivity index (χ0n) is 20.1. The average Bonchev–Trinajstić information content (AvgIpc) is 2.86. The van der Waals surface area contributed by atoms with Crippen LogP contribution in [-0.4, -0.2) is 42.3 Å². The molecule has 0 spiro atoms. The molecule has 3 rings (SSSR count). The number of nitrogens with two attached hydrogens (primary N) is 1. The lowest BCUT2D eigenvalue weighted by Crippen LogP contribution is -2.16. The summed E-state index contributed by atoms with van der Waals surface area (Å²) in [6.45, 7) is 0.857. The van der Waals surface area contributed by atoms with E-state index in [2.05, 4.69) is 10.6 Å². The van der Waals surface area contributed by atoms with Gasteiger partial charge in [-0.3, -0.25) is 15.0 Å². The van der Waals surface area contributed by atoms with Gasteiger partial charge < -0.3 is 30.9 Å². The molecular weight excluding hydrogens is 500 g/mol. The molecule has 0 fully saturated rings. The van der Waals surface area contributed by atoms with E-state index in [1.54, 1.807) is 42.5 Å². The monoisotopic (exact) mass is 524 g/mol. The van der Waals surface area contributed by atoms with Crippen LogP contribution in [0, 0.1) is 5.41 Å². The number of hydrogen-bond donors (Lipinski definition) is 5. The van der Waals surface area contributed by atoms with E-state index in [0.29, 0.717) is 33.1 Å². The van der Waals surface area contributed by atoms with Gasteiger partial charge in [-0.25, -0.2) is 4.79 Å². The lowest BCUT2D eigenvalue weighted by molar-refractivity contribution is -0.139. The second-order valence-electron chi connectivity index (χ2n) is 7.89. The Morgan fingerprint density at radius 3 is 2.35 bits per heavy atom. The highest BCUT2D eigenvalue weighted by atomic mass is 35.5. The highest BCUT2D eigenvalue weighted by Crippen LogP contribution is 2.34. The van der Waals surface area contributed by atoms with Gasteiger partial charge in [0.2, 0.25) is 0 Å². The number of nitrogen functional groups attached to an aromatic ring is 1. The lowest BCUT2D eigenvalue weighted by Gasteiger charge is -2.18. The number of amidine groups is 1. The van der Waals surface area contributed by atoms with Crippen LogP contribution in [0.25, 0.3) is 0 Å². The van der Waals surface area contributed by atoms with Gasteiger partial charge in [-0.05, 0) is 61.5 Å². The maximum Gasteiger partial charge on any atom is 0.341 e. The number of carbonyl (C=O) groups is 3. The molecule has 6 N–H and O–H groups in total. The Kier molecular flexibility index (Phi) is 8.70. The summed E-state index contributed by atoms with van der Waals surface area (Å²) in [5, 5.41) is 22.8. The number of ether oxygens (including phenoxy) is 2. The summed E-state index contributed by atoms with van der Waals surface area (Å²) < 4.78 is 10.8. The molecule has 3 aromatic carbocycles. The van der Waals surface area contributed by atoms with Crippen LogP contribution < -0.4 is 25.8 Å². The van der Waals surface area contributed by atoms with Gasteiger partial charge in [-0.1, -0.05) is 11.6 Å². The minimum atomic E-state index is -1.18. The topological polar surface area (TPSA) is 164 Å². The number of aliphatic carboxylic acids is 1. The average molecular weight is 525 g/mol. The van der Waals surface area contributed by atoms with Crippen LogP contribution in [-0.2, 0) is 11.3 Å². The molecule has 0 unspecified atom stereocenters. The van der Waals surface area contributed by atoms with Gasteiger partial charge >= 0.3 is 5.97 Å². The number of rotatable bonds is 11. The third kappa shape index (κ3) is 6.98. The number of nitrogens with one attached hydrogen (secondary N) is 3. The van der Waals surface area contributed by atoms with Crippen molar-refractivity contribution in [2.45, 2.75) is 13.5 Å². The Balaban J connectivity index is 1.90. The van der Waals surface area contributed by atoms with Crippen LogP contribution in [0.4, 0.5) is 11.4 Å². The molecule has 0 radical (unpaired) electrons. The van der Waals surface area contributed by atoms with Crippen molar-refractivity contribution in [3.8, 4) is 11.5 Å². The highest BCUT2D eigenvalue weighted by Gasteiger charge is 2.18. The van der Waals surface area contributed by atoms with E-state index in [-0.39, 0.29) is 35.2 Å². The molecule has 1 amide bonds. The zero-order valence-corrected chi connectivity index (χ0v) is 20.8. The number of methoxy groups -OCH3 is 1. The van der Waals surface area contributed by atoms with E-state index in [4.69, 9.17) is 37.3 Å². The maximum atomic E-state index is 13.1. The molecule has 0 bridgehead atoms. The van der Waals surface area contributed by atoms with Crippen LogP contribution in [0.2, 0.25) is 5.02 Å². The summed E-state index contributed by atoms with van der Waals surface area (Å²) in [7, 11) is 1.38. The summed E-state index contributed by atoms with van der Waals surface area (Å²) in [6.07, 6.45) is 0. The predicted molar refractivity (Wildman–Crippen MR) is 140 cm³/mol. The number of carboxylic acids is 1. The van der Waals surface area contributed by atoms with Crippen LogP contribution in [0.1, 0.15) is 38.8 Å². The summed E-state index contributed by atoms with van der Waals surface area (Å²) >= 11 is 6.15. The molecule has 0 aromatic heterocycles. The van der Waals surface area contributed by atoms with Gasteiger partial charge in [-0.2, -0.15) is 0 Å². The molecule has 0 heterocycles. The van der Waals surface area contributed by atoms with Crippen molar-refractivity contribution in [3.05, 3.63) is 81.9 Å². The van der Waals surface area contributed by atoms with Crippen molar-refractivity contribution in [1.82, 2.24) is 0 Å². The number of amides is 1. The third-order valence-electron chi connectivity index (χ3n) is 5.25. The SMILES string of the molecule is COc1cc(C(C)=O)cc(CNc2ccc(Cl)cc2C(=O)Nc2ccc(C(=N)N)cc2)c1OCC(=O)O. The third-order valence-corrected chi connectivity index (χ3v) is 5.48. The molecule has 0 saturated heterocycles.